The molecule has 0 aliphatic carbocycles. The monoisotopic (exact) mass is 348 g/mol. The zero-order chi connectivity index (χ0) is 17.4. The van der Waals surface area contributed by atoms with Gasteiger partial charge in [0.05, 0.1) is 5.39 Å². The Morgan fingerprint density at radius 3 is 2.75 bits per heavy atom. The molecule has 128 valence electrons. The SMILES string of the molecule is CC(=O)C(C)OC(=O)c1sc2nc3n(c(=O)c2c1C)CCCCC3. The van der Waals surface area contributed by atoms with E-state index >= 15 is 0 Å². The van der Waals surface area contributed by atoms with Crippen molar-refractivity contribution in [2.24, 2.45) is 0 Å². The van der Waals surface area contributed by atoms with Crippen LogP contribution in [0, 0.1) is 6.92 Å². The van der Waals surface area contributed by atoms with Gasteiger partial charge in [-0.05, 0) is 39.2 Å². The number of nitrogens with zero attached hydrogens (tertiary/aromatic N) is 2. The minimum absolute atomic E-state index is 0.0793. The predicted molar refractivity (Wildman–Crippen MR) is 91.7 cm³/mol. The van der Waals surface area contributed by atoms with Gasteiger partial charge in [0, 0.05) is 13.0 Å². The molecule has 1 aliphatic heterocycles. The molecule has 0 amide bonds. The lowest BCUT2D eigenvalue weighted by atomic mass is 10.2. The Morgan fingerprint density at radius 2 is 2.04 bits per heavy atom. The first-order valence-electron chi connectivity index (χ1n) is 8.14. The van der Waals surface area contributed by atoms with E-state index in [4.69, 9.17) is 4.74 Å². The molecule has 1 aliphatic rings. The van der Waals surface area contributed by atoms with Gasteiger partial charge < -0.3 is 4.74 Å². The van der Waals surface area contributed by atoms with Crippen molar-refractivity contribution in [3.63, 3.8) is 0 Å². The Bertz CT molecular complexity index is 881. The number of aryl methyl sites for hydroxylation is 2. The van der Waals surface area contributed by atoms with E-state index in [1.165, 1.54) is 25.2 Å². The number of esters is 1. The second kappa shape index (κ2) is 6.47. The van der Waals surface area contributed by atoms with Crippen LogP contribution >= 0.6 is 11.3 Å². The fourth-order valence-corrected chi connectivity index (χ4v) is 3.98. The summed E-state index contributed by atoms with van der Waals surface area (Å²) in [4.78, 5) is 42.0. The molecule has 1 unspecified atom stereocenters. The van der Waals surface area contributed by atoms with Crippen LogP contribution in [0.15, 0.2) is 4.79 Å². The Kier molecular flexibility index (Phi) is 4.54. The largest absolute Gasteiger partial charge is 0.450 e. The average molecular weight is 348 g/mol. The highest BCUT2D eigenvalue weighted by atomic mass is 32.1. The first kappa shape index (κ1) is 16.8. The molecular formula is C17H20N2O4S. The summed E-state index contributed by atoms with van der Waals surface area (Å²) in [6.07, 6.45) is 3.06. The number of thiophene rings is 1. The molecule has 0 N–H and O–H groups in total. The first-order chi connectivity index (χ1) is 11.4. The number of fused-ring (bicyclic) bond motifs is 2. The number of ether oxygens (including phenoxy) is 1. The maximum absolute atomic E-state index is 12.8. The summed E-state index contributed by atoms with van der Waals surface area (Å²) in [6.45, 7) is 5.33. The number of carbonyl (C=O) groups excluding carboxylic acids is 2. The van der Waals surface area contributed by atoms with Crippen molar-refractivity contribution in [3.8, 4) is 0 Å². The predicted octanol–water partition coefficient (Wildman–Crippen LogP) is 2.63. The van der Waals surface area contributed by atoms with Crippen LogP contribution in [0.2, 0.25) is 0 Å². The molecule has 3 rings (SSSR count). The summed E-state index contributed by atoms with van der Waals surface area (Å²) in [6, 6.07) is 0. The molecule has 7 heteroatoms. The van der Waals surface area contributed by atoms with Crippen LogP contribution in [0.5, 0.6) is 0 Å². The average Bonchev–Trinajstić information content (AvgIpc) is 2.71. The molecular weight excluding hydrogens is 328 g/mol. The first-order valence-corrected chi connectivity index (χ1v) is 8.96. The van der Waals surface area contributed by atoms with Crippen LogP contribution in [-0.4, -0.2) is 27.4 Å². The maximum Gasteiger partial charge on any atom is 0.349 e. The number of aromatic nitrogens is 2. The van der Waals surface area contributed by atoms with Crippen molar-refractivity contribution in [2.75, 3.05) is 0 Å². The molecule has 24 heavy (non-hydrogen) atoms. The van der Waals surface area contributed by atoms with Crippen molar-refractivity contribution in [3.05, 3.63) is 26.6 Å². The lowest BCUT2D eigenvalue weighted by Crippen LogP contribution is -2.24. The van der Waals surface area contributed by atoms with Crippen LogP contribution in [0.3, 0.4) is 0 Å². The van der Waals surface area contributed by atoms with Crippen molar-refractivity contribution in [2.45, 2.75) is 59.1 Å². The number of rotatable bonds is 3. The Hall–Kier alpha value is -2.02. The number of Topliss-reactive ketones (excluding diaryl/α,β-unsaturated/α-hetero) is 1. The molecule has 0 saturated carbocycles. The number of hydrogen-bond acceptors (Lipinski definition) is 6. The third-order valence-corrected chi connectivity index (χ3v) is 5.62. The van der Waals surface area contributed by atoms with E-state index in [-0.39, 0.29) is 11.3 Å². The van der Waals surface area contributed by atoms with Gasteiger partial charge in [-0.2, -0.15) is 0 Å². The lowest BCUT2D eigenvalue weighted by molar-refractivity contribution is -0.124. The summed E-state index contributed by atoms with van der Waals surface area (Å²) < 4.78 is 6.92. The molecule has 0 radical (unpaired) electrons. The summed E-state index contributed by atoms with van der Waals surface area (Å²) in [5.41, 5.74) is 0.511. The maximum atomic E-state index is 12.8. The van der Waals surface area contributed by atoms with Crippen molar-refractivity contribution >= 4 is 33.3 Å². The second-order valence-electron chi connectivity index (χ2n) is 6.19. The molecule has 0 bridgehead atoms. The fourth-order valence-electron chi connectivity index (χ4n) is 2.90. The third-order valence-electron chi connectivity index (χ3n) is 4.45. The smallest absolute Gasteiger partial charge is 0.349 e. The Balaban J connectivity index is 2.08. The highest BCUT2D eigenvalue weighted by Gasteiger charge is 2.24. The quantitative estimate of drug-likeness (QED) is 0.797. The van der Waals surface area contributed by atoms with E-state index in [1.54, 1.807) is 11.5 Å². The van der Waals surface area contributed by atoms with Crippen molar-refractivity contribution in [1.29, 1.82) is 0 Å². The summed E-state index contributed by atoms with van der Waals surface area (Å²) in [7, 11) is 0. The van der Waals surface area contributed by atoms with Gasteiger partial charge in [-0.3, -0.25) is 14.2 Å². The second-order valence-corrected chi connectivity index (χ2v) is 7.19. The van der Waals surface area contributed by atoms with E-state index in [0.717, 1.165) is 31.5 Å². The molecule has 1 atom stereocenters. The van der Waals surface area contributed by atoms with Crippen LogP contribution < -0.4 is 5.56 Å². The lowest BCUT2D eigenvalue weighted by Gasteiger charge is -2.09. The summed E-state index contributed by atoms with van der Waals surface area (Å²) >= 11 is 1.17. The fraction of sp³-hybridized carbons (Fsp3) is 0.529. The standard InChI is InChI=1S/C17H20N2O4S/c1-9-13-15(24-14(9)17(22)23-11(3)10(2)20)18-12-7-5-4-6-8-19(12)16(13)21/h11H,4-8H2,1-3H3. The van der Waals surface area contributed by atoms with Gasteiger partial charge in [0.15, 0.2) is 11.9 Å². The van der Waals surface area contributed by atoms with Crippen LogP contribution in [-0.2, 0) is 22.5 Å². The van der Waals surface area contributed by atoms with E-state index in [0.29, 0.717) is 27.2 Å². The van der Waals surface area contributed by atoms with Gasteiger partial charge in [0.25, 0.3) is 5.56 Å². The molecule has 3 heterocycles. The van der Waals surface area contributed by atoms with E-state index in [2.05, 4.69) is 4.98 Å². The molecule has 2 aromatic heterocycles. The van der Waals surface area contributed by atoms with Gasteiger partial charge in [0.1, 0.15) is 15.5 Å². The van der Waals surface area contributed by atoms with Crippen molar-refractivity contribution in [1.82, 2.24) is 9.55 Å². The van der Waals surface area contributed by atoms with Gasteiger partial charge in [0.2, 0.25) is 0 Å². The van der Waals surface area contributed by atoms with Gasteiger partial charge in [-0.15, -0.1) is 11.3 Å². The van der Waals surface area contributed by atoms with Crippen molar-refractivity contribution < 1.29 is 14.3 Å². The van der Waals surface area contributed by atoms with Crippen LogP contribution in [0.25, 0.3) is 10.2 Å². The molecule has 0 spiro atoms. The van der Waals surface area contributed by atoms with Gasteiger partial charge in [-0.25, -0.2) is 9.78 Å². The molecule has 0 aromatic carbocycles. The van der Waals surface area contributed by atoms with E-state index in [9.17, 15) is 14.4 Å². The van der Waals surface area contributed by atoms with Gasteiger partial charge in [-0.1, -0.05) is 6.42 Å². The topological polar surface area (TPSA) is 78.3 Å². The molecule has 0 fully saturated rings. The minimum atomic E-state index is -0.798. The Labute approximate surface area is 143 Å². The van der Waals surface area contributed by atoms with Gasteiger partial charge >= 0.3 is 5.97 Å². The highest BCUT2D eigenvalue weighted by Crippen LogP contribution is 2.29. The third kappa shape index (κ3) is 2.88. The van der Waals surface area contributed by atoms with E-state index < -0.39 is 12.1 Å². The Morgan fingerprint density at radius 1 is 1.29 bits per heavy atom. The number of carbonyl (C=O) groups is 2. The van der Waals surface area contributed by atoms with Crippen LogP contribution in [0.4, 0.5) is 0 Å². The molecule has 2 aromatic rings. The number of hydrogen-bond donors (Lipinski definition) is 0. The highest BCUT2D eigenvalue weighted by molar-refractivity contribution is 7.20. The summed E-state index contributed by atoms with van der Waals surface area (Å²) in [5.74, 6) is 0.00749. The summed E-state index contributed by atoms with van der Waals surface area (Å²) in [5, 5.41) is 0.494. The molecule has 6 nitrogen and oxygen atoms in total. The zero-order valence-electron chi connectivity index (χ0n) is 14.0. The normalized spacial score (nSPS) is 15.6. The number of ketones is 1. The minimum Gasteiger partial charge on any atom is -0.450 e. The van der Waals surface area contributed by atoms with Crippen LogP contribution in [0.1, 0.15) is 54.2 Å². The van der Waals surface area contributed by atoms with E-state index in [1.807, 2.05) is 0 Å². The zero-order valence-corrected chi connectivity index (χ0v) is 14.9. The molecule has 0 saturated heterocycles.